The molecule has 120 valence electrons. The van der Waals surface area contributed by atoms with Gasteiger partial charge in [0, 0.05) is 11.1 Å². The lowest BCUT2D eigenvalue weighted by atomic mass is 10.2. The van der Waals surface area contributed by atoms with Gasteiger partial charge in [-0.15, -0.1) is 10.2 Å². The third kappa shape index (κ3) is 2.37. The predicted octanol–water partition coefficient (Wildman–Crippen LogP) is 2.62. The molecule has 0 aliphatic heterocycles. The van der Waals surface area contributed by atoms with E-state index in [-0.39, 0.29) is 4.90 Å². The maximum Gasteiger partial charge on any atom is 0.261 e. The van der Waals surface area contributed by atoms with E-state index in [9.17, 15) is 8.42 Å². The fourth-order valence-corrected chi connectivity index (χ4v) is 3.60. The molecule has 0 saturated carbocycles. The van der Waals surface area contributed by atoms with Crippen LogP contribution < -0.4 is 4.72 Å². The number of nitrogens with one attached hydrogen (secondary N) is 2. The number of hydrogen-bond acceptors (Lipinski definition) is 5. The highest BCUT2D eigenvalue weighted by Gasteiger charge is 2.17. The fourth-order valence-electron chi connectivity index (χ4n) is 2.52. The van der Waals surface area contributed by atoms with E-state index in [4.69, 9.17) is 0 Å². The standard InChI is InChI=1S/C16H13N5O2S/c1-10-15-16(20-17-10)13-9-12(7-8-14(13)18-19-15)24(22,23)21-11-5-3-2-4-6-11/h2-9,21H,1H3,(H,17,20). The van der Waals surface area contributed by atoms with Gasteiger partial charge in [-0.05, 0) is 37.3 Å². The Hall–Kier alpha value is -3.00. The molecule has 2 N–H and O–H groups in total. The Morgan fingerprint density at radius 3 is 2.58 bits per heavy atom. The molecule has 0 aliphatic carbocycles. The highest BCUT2D eigenvalue weighted by atomic mass is 32.2. The number of sulfonamides is 1. The summed E-state index contributed by atoms with van der Waals surface area (Å²) in [6, 6.07) is 13.5. The van der Waals surface area contributed by atoms with Crippen LogP contribution in [0.15, 0.2) is 53.4 Å². The molecule has 0 spiro atoms. The van der Waals surface area contributed by atoms with Crippen molar-refractivity contribution in [1.82, 2.24) is 20.4 Å². The van der Waals surface area contributed by atoms with Crippen LogP contribution in [-0.4, -0.2) is 28.8 Å². The first kappa shape index (κ1) is 14.6. The van der Waals surface area contributed by atoms with E-state index < -0.39 is 10.0 Å². The van der Waals surface area contributed by atoms with Crippen LogP contribution in [0, 0.1) is 6.92 Å². The van der Waals surface area contributed by atoms with E-state index in [2.05, 4.69) is 25.1 Å². The summed E-state index contributed by atoms with van der Waals surface area (Å²) < 4.78 is 27.8. The van der Waals surface area contributed by atoms with E-state index in [0.29, 0.717) is 27.6 Å². The summed E-state index contributed by atoms with van der Waals surface area (Å²) in [4.78, 5) is 0.147. The Bertz CT molecular complexity index is 1150. The molecule has 0 aliphatic rings. The third-order valence-corrected chi connectivity index (χ3v) is 5.11. The number of benzene rings is 2. The van der Waals surface area contributed by atoms with Gasteiger partial charge in [-0.25, -0.2) is 8.42 Å². The molecule has 0 bridgehead atoms. The molecule has 0 atom stereocenters. The number of anilines is 1. The summed E-state index contributed by atoms with van der Waals surface area (Å²) in [6.07, 6.45) is 0. The Morgan fingerprint density at radius 2 is 1.79 bits per heavy atom. The topological polar surface area (TPSA) is 101 Å². The van der Waals surface area contributed by atoms with Crippen molar-refractivity contribution in [2.24, 2.45) is 0 Å². The van der Waals surface area contributed by atoms with Gasteiger partial charge in [0.1, 0.15) is 11.0 Å². The van der Waals surface area contributed by atoms with Crippen LogP contribution in [-0.2, 0) is 10.0 Å². The van der Waals surface area contributed by atoms with Gasteiger partial charge in [0.25, 0.3) is 10.0 Å². The van der Waals surface area contributed by atoms with E-state index in [1.54, 1.807) is 36.4 Å². The number of para-hydroxylation sites is 1. The highest BCUT2D eigenvalue weighted by Crippen LogP contribution is 2.25. The van der Waals surface area contributed by atoms with Crippen LogP contribution in [0.5, 0.6) is 0 Å². The largest absolute Gasteiger partial charge is 0.280 e. The predicted molar refractivity (Wildman–Crippen MR) is 91.2 cm³/mol. The second kappa shape index (κ2) is 5.27. The van der Waals surface area contributed by atoms with Crippen LogP contribution in [0.1, 0.15) is 5.69 Å². The average Bonchev–Trinajstić information content (AvgIpc) is 2.96. The lowest BCUT2D eigenvalue weighted by molar-refractivity contribution is 0.601. The normalized spacial score (nSPS) is 11.9. The van der Waals surface area contributed by atoms with Crippen molar-refractivity contribution in [1.29, 1.82) is 0 Å². The molecular weight excluding hydrogens is 326 g/mol. The van der Waals surface area contributed by atoms with Crippen LogP contribution in [0.2, 0.25) is 0 Å². The zero-order valence-electron chi connectivity index (χ0n) is 12.7. The molecular formula is C16H13N5O2S. The number of H-pyrrole nitrogens is 1. The molecule has 0 radical (unpaired) electrons. The molecule has 7 nitrogen and oxygen atoms in total. The zero-order valence-corrected chi connectivity index (χ0v) is 13.5. The second-order valence-corrected chi connectivity index (χ2v) is 7.08. The molecule has 2 aromatic carbocycles. The molecule has 24 heavy (non-hydrogen) atoms. The van der Waals surface area contributed by atoms with E-state index in [1.165, 1.54) is 6.07 Å². The molecule has 2 heterocycles. The number of aromatic amines is 1. The van der Waals surface area contributed by atoms with Crippen molar-refractivity contribution in [3.63, 3.8) is 0 Å². The third-order valence-electron chi connectivity index (χ3n) is 3.73. The number of aryl methyl sites for hydroxylation is 1. The summed E-state index contributed by atoms with van der Waals surface area (Å²) in [5, 5.41) is 15.9. The quantitative estimate of drug-likeness (QED) is 0.597. The molecule has 0 amide bonds. The van der Waals surface area contributed by atoms with Crippen LogP contribution in [0.25, 0.3) is 21.9 Å². The van der Waals surface area contributed by atoms with Crippen molar-refractivity contribution in [2.45, 2.75) is 11.8 Å². The van der Waals surface area contributed by atoms with Gasteiger partial charge in [-0.2, -0.15) is 5.10 Å². The maximum absolute atomic E-state index is 12.6. The lowest BCUT2D eigenvalue weighted by Crippen LogP contribution is -2.12. The second-order valence-electron chi connectivity index (χ2n) is 5.40. The smallest absolute Gasteiger partial charge is 0.261 e. The number of fused-ring (bicyclic) bond motifs is 3. The van der Waals surface area contributed by atoms with Gasteiger partial charge >= 0.3 is 0 Å². The Kier molecular flexibility index (Phi) is 3.20. The summed E-state index contributed by atoms with van der Waals surface area (Å²) in [5.74, 6) is 0. The molecule has 4 aromatic rings. The average molecular weight is 339 g/mol. The van der Waals surface area contributed by atoms with Crippen molar-refractivity contribution in [3.05, 3.63) is 54.2 Å². The minimum atomic E-state index is -3.70. The first-order chi connectivity index (χ1) is 11.5. The molecule has 2 aromatic heterocycles. The summed E-state index contributed by atoms with van der Waals surface area (Å²) in [5.41, 5.74) is 3.12. The molecule has 0 unspecified atom stereocenters. The van der Waals surface area contributed by atoms with Gasteiger partial charge in [-0.1, -0.05) is 18.2 Å². The van der Waals surface area contributed by atoms with Gasteiger partial charge in [0.15, 0.2) is 0 Å². The SMILES string of the molecule is Cc1[nH]nc2c1nnc1ccc(S(=O)(=O)Nc3ccccc3)cc12. The lowest BCUT2D eigenvalue weighted by Gasteiger charge is -2.08. The van der Waals surface area contributed by atoms with Crippen molar-refractivity contribution < 1.29 is 8.42 Å². The summed E-state index contributed by atoms with van der Waals surface area (Å²) in [7, 11) is -3.70. The van der Waals surface area contributed by atoms with Gasteiger partial charge < -0.3 is 0 Å². The van der Waals surface area contributed by atoms with Crippen LogP contribution >= 0.6 is 0 Å². The minimum Gasteiger partial charge on any atom is -0.280 e. The molecule has 0 saturated heterocycles. The zero-order chi connectivity index (χ0) is 16.7. The summed E-state index contributed by atoms with van der Waals surface area (Å²) >= 11 is 0. The number of nitrogens with zero attached hydrogens (tertiary/aromatic N) is 3. The monoisotopic (exact) mass is 339 g/mol. The first-order valence-corrected chi connectivity index (χ1v) is 8.72. The van der Waals surface area contributed by atoms with E-state index in [1.807, 2.05) is 13.0 Å². The number of aromatic nitrogens is 4. The van der Waals surface area contributed by atoms with Gasteiger partial charge in [0.05, 0.1) is 16.1 Å². The Labute approximate surface area is 137 Å². The van der Waals surface area contributed by atoms with Crippen molar-refractivity contribution in [2.75, 3.05) is 4.72 Å². The van der Waals surface area contributed by atoms with Gasteiger partial charge in [-0.3, -0.25) is 9.82 Å². The highest BCUT2D eigenvalue weighted by molar-refractivity contribution is 7.92. The number of hydrogen-bond donors (Lipinski definition) is 2. The van der Waals surface area contributed by atoms with Gasteiger partial charge in [0.2, 0.25) is 0 Å². The summed E-state index contributed by atoms with van der Waals surface area (Å²) in [6.45, 7) is 1.84. The fraction of sp³-hybridized carbons (Fsp3) is 0.0625. The molecule has 0 fully saturated rings. The molecule has 8 heteroatoms. The van der Waals surface area contributed by atoms with E-state index in [0.717, 1.165) is 5.69 Å². The Morgan fingerprint density at radius 1 is 1.00 bits per heavy atom. The Balaban J connectivity index is 1.86. The van der Waals surface area contributed by atoms with Crippen LogP contribution in [0.4, 0.5) is 5.69 Å². The van der Waals surface area contributed by atoms with Crippen molar-refractivity contribution in [3.8, 4) is 0 Å². The minimum absolute atomic E-state index is 0.147. The number of rotatable bonds is 3. The van der Waals surface area contributed by atoms with Crippen molar-refractivity contribution >= 4 is 37.6 Å². The van der Waals surface area contributed by atoms with Crippen LogP contribution in [0.3, 0.4) is 0 Å². The maximum atomic E-state index is 12.6. The molecule has 4 rings (SSSR count). The van der Waals surface area contributed by atoms with E-state index >= 15 is 0 Å². The first-order valence-electron chi connectivity index (χ1n) is 7.23.